The van der Waals surface area contributed by atoms with Gasteiger partial charge in [0.1, 0.15) is 11.2 Å². The lowest BCUT2D eigenvalue weighted by molar-refractivity contribution is 0.332. The topological polar surface area (TPSA) is 19.6 Å². The van der Waals surface area contributed by atoms with Crippen LogP contribution in [0.2, 0.25) is 0 Å². The average molecular weight is 899 g/mol. The largest absolute Gasteiger partial charge is 0.456 e. The van der Waals surface area contributed by atoms with Crippen molar-refractivity contribution >= 4 is 68.1 Å². The second kappa shape index (κ2) is 15.1. The van der Waals surface area contributed by atoms with Crippen LogP contribution in [-0.2, 0) is 21.7 Å². The summed E-state index contributed by atoms with van der Waals surface area (Å²) in [5.41, 5.74) is 24.6. The lowest BCUT2D eigenvalue weighted by Gasteiger charge is -2.48. The number of hydrogen-bond donors (Lipinski definition) is 0. The Kier molecular flexibility index (Phi) is 9.53. The number of anilines is 5. The van der Waals surface area contributed by atoms with Crippen molar-refractivity contribution in [2.24, 2.45) is 0 Å². The normalized spacial score (nSPS) is 15.8. The predicted octanol–water partition coefficient (Wildman–Crippen LogP) is 16.9. The van der Waals surface area contributed by atoms with Crippen molar-refractivity contribution in [3.8, 4) is 33.4 Å². The Morgan fingerprint density at radius 1 is 0.478 bits per heavy atom. The molecular formula is C65H63BN2O. The molecule has 3 nitrogen and oxygen atoms in total. The third-order valence-corrected chi connectivity index (χ3v) is 16.2. The molecule has 2 aliphatic heterocycles. The molecule has 3 heterocycles. The van der Waals surface area contributed by atoms with Gasteiger partial charge in [-0.25, -0.2) is 0 Å². The number of hydrogen-bond acceptors (Lipinski definition) is 3. The van der Waals surface area contributed by atoms with E-state index in [-0.39, 0.29) is 28.5 Å². The molecule has 0 atom stereocenters. The first-order valence-electron chi connectivity index (χ1n) is 25.2. The third-order valence-electron chi connectivity index (χ3n) is 16.2. The zero-order valence-electron chi connectivity index (χ0n) is 42.3. The molecular weight excluding hydrogens is 836 g/mol. The standard InChI is InChI=1S/C65H63BN2O/c1-40-19-15-16-22-46(40)42-33-51-49-36-52-53(65(10,11)32-31-64(52,8)9)38-56(49)68(45-28-25-43(26-29-45)62(2,3)4)66-54-39-60-50(47-23-17-18-24-59(47)69-60)37-57(54)67(58(34-42)61(51)66)55-30-27-44(63(5,6)7)35-48(55)41-20-13-12-14-21-41/h12-30,33-39H,31-32H2,1-11H3. The Labute approximate surface area is 409 Å². The molecule has 1 aromatic heterocycles. The van der Waals surface area contributed by atoms with Gasteiger partial charge in [-0.1, -0.05) is 160 Å². The van der Waals surface area contributed by atoms with Gasteiger partial charge in [-0.15, -0.1) is 0 Å². The van der Waals surface area contributed by atoms with E-state index in [0.717, 1.165) is 40.5 Å². The van der Waals surface area contributed by atoms with Gasteiger partial charge in [-0.3, -0.25) is 0 Å². The minimum absolute atomic E-state index is 0.0165. The first kappa shape index (κ1) is 43.5. The van der Waals surface area contributed by atoms with Gasteiger partial charge in [0.15, 0.2) is 0 Å². The minimum Gasteiger partial charge on any atom is -0.456 e. The highest BCUT2D eigenvalue weighted by Gasteiger charge is 2.48. The highest BCUT2D eigenvalue weighted by Crippen LogP contribution is 2.55. The van der Waals surface area contributed by atoms with Gasteiger partial charge in [0.25, 0.3) is 0 Å². The van der Waals surface area contributed by atoms with Crippen LogP contribution in [0.25, 0.3) is 55.3 Å². The zero-order chi connectivity index (χ0) is 47.9. The van der Waals surface area contributed by atoms with Gasteiger partial charge >= 0.3 is 6.85 Å². The molecule has 8 aromatic carbocycles. The zero-order valence-corrected chi connectivity index (χ0v) is 42.3. The van der Waals surface area contributed by atoms with Crippen LogP contribution in [0.4, 0.5) is 28.4 Å². The fraction of sp³-hybridized carbons (Fsp3) is 0.262. The lowest BCUT2D eigenvalue weighted by atomic mass is 9.43. The molecule has 0 saturated carbocycles. The quantitative estimate of drug-likeness (QED) is 0.164. The molecule has 4 heteroatoms. The molecule has 1 aliphatic carbocycles. The van der Waals surface area contributed by atoms with Crippen LogP contribution in [0, 0.1) is 6.92 Å². The molecule has 0 N–H and O–H groups in total. The smallest absolute Gasteiger partial charge is 0.333 e. The van der Waals surface area contributed by atoms with Crippen LogP contribution in [-0.4, -0.2) is 6.85 Å². The average Bonchev–Trinajstić information content (AvgIpc) is 3.69. The summed E-state index contributed by atoms with van der Waals surface area (Å²) in [4.78, 5) is 5.32. The second-order valence-corrected chi connectivity index (χ2v) is 23.7. The number of aryl methyl sites for hydroxylation is 1. The third kappa shape index (κ3) is 6.84. The van der Waals surface area contributed by atoms with Crippen LogP contribution in [0.1, 0.15) is 110 Å². The Bertz CT molecular complexity index is 3540. The summed E-state index contributed by atoms with van der Waals surface area (Å²) in [5, 5.41) is 2.25. The monoisotopic (exact) mass is 899 g/mol. The maximum atomic E-state index is 6.88. The second-order valence-electron chi connectivity index (χ2n) is 23.7. The summed E-state index contributed by atoms with van der Waals surface area (Å²) < 4.78 is 6.88. The van der Waals surface area contributed by atoms with E-state index in [4.69, 9.17) is 4.42 Å². The van der Waals surface area contributed by atoms with Gasteiger partial charge < -0.3 is 14.1 Å². The maximum absolute atomic E-state index is 6.88. The predicted molar refractivity (Wildman–Crippen MR) is 296 cm³/mol. The molecule has 0 bridgehead atoms. The van der Waals surface area contributed by atoms with Crippen LogP contribution in [0.5, 0.6) is 0 Å². The molecule has 0 radical (unpaired) electrons. The van der Waals surface area contributed by atoms with E-state index in [1.807, 2.05) is 0 Å². The molecule has 0 fully saturated rings. The van der Waals surface area contributed by atoms with E-state index in [1.54, 1.807) is 0 Å². The molecule has 0 saturated heterocycles. The summed E-state index contributed by atoms with van der Waals surface area (Å²) in [5.74, 6) is 0. The van der Waals surface area contributed by atoms with Crippen LogP contribution in [0.3, 0.4) is 0 Å². The van der Waals surface area contributed by atoms with Crippen molar-refractivity contribution in [3.63, 3.8) is 0 Å². The van der Waals surface area contributed by atoms with Gasteiger partial charge in [0.2, 0.25) is 0 Å². The van der Waals surface area contributed by atoms with E-state index >= 15 is 0 Å². The fourth-order valence-electron chi connectivity index (χ4n) is 12.0. The van der Waals surface area contributed by atoms with Gasteiger partial charge in [-0.05, 0) is 169 Å². The van der Waals surface area contributed by atoms with Crippen molar-refractivity contribution in [3.05, 3.63) is 186 Å². The molecule has 0 amide bonds. The van der Waals surface area contributed by atoms with E-state index in [2.05, 4.69) is 244 Å². The van der Waals surface area contributed by atoms with Crippen LogP contribution >= 0.6 is 0 Å². The first-order chi connectivity index (χ1) is 32.9. The maximum Gasteiger partial charge on any atom is 0.333 e. The Morgan fingerprint density at radius 2 is 1.13 bits per heavy atom. The van der Waals surface area contributed by atoms with Crippen LogP contribution < -0.4 is 20.6 Å². The number of rotatable bonds is 4. The molecule has 12 rings (SSSR count). The highest BCUT2D eigenvalue weighted by molar-refractivity contribution is 6.93. The minimum atomic E-state index is -0.176. The van der Waals surface area contributed by atoms with Crippen molar-refractivity contribution in [2.45, 2.75) is 111 Å². The number of para-hydroxylation sites is 1. The first-order valence-corrected chi connectivity index (χ1v) is 25.2. The molecule has 9 aromatic rings. The summed E-state index contributed by atoms with van der Waals surface area (Å²) in [6.07, 6.45) is 2.29. The van der Waals surface area contributed by atoms with Crippen molar-refractivity contribution in [1.29, 1.82) is 0 Å². The molecule has 0 unspecified atom stereocenters. The fourth-order valence-corrected chi connectivity index (χ4v) is 12.0. The van der Waals surface area contributed by atoms with Gasteiger partial charge in [0, 0.05) is 44.6 Å². The molecule has 342 valence electrons. The highest BCUT2D eigenvalue weighted by atomic mass is 16.3. The summed E-state index contributed by atoms with van der Waals surface area (Å²) >= 11 is 0. The lowest BCUT2D eigenvalue weighted by Crippen LogP contribution is -2.61. The summed E-state index contributed by atoms with van der Waals surface area (Å²) in [6, 6.07) is 60.3. The van der Waals surface area contributed by atoms with E-state index in [1.165, 1.54) is 94.9 Å². The Hall–Kier alpha value is -6.78. The number of benzene rings is 8. The summed E-state index contributed by atoms with van der Waals surface area (Å²) in [7, 11) is 0. The van der Waals surface area contributed by atoms with E-state index in [0.29, 0.717) is 0 Å². The van der Waals surface area contributed by atoms with Crippen molar-refractivity contribution in [1.82, 2.24) is 0 Å². The summed E-state index contributed by atoms with van der Waals surface area (Å²) in [6.45, 7) is 25.8. The number of fused-ring (bicyclic) bond motifs is 8. The van der Waals surface area contributed by atoms with E-state index in [9.17, 15) is 0 Å². The van der Waals surface area contributed by atoms with Gasteiger partial charge in [0.05, 0.1) is 5.69 Å². The van der Waals surface area contributed by atoms with Crippen molar-refractivity contribution in [2.75, 3.05) is 9.71 Å². The molecule has 0 spiro atoms. The van der Waals surface area contributed by atoms with Gasteiger partial charge in [-0.2, -0.15) is 0 Å². The van der Waals surface area contributed by atoms with Crippen LogP contribution in [0.15, 0.2) is 162 Å². The molecule has 69 heavy (non-hydrogen) atoms. The van der Waals surface area contributed by atoms with Crippen molar-refractivity contribution < 1.29 is 4.42 Å². The SMILES string of the molecule is Cc1ccccc1-c1cc2c3c(c1)N(c1ccc(C(C)(C)C)cc1-c1ccccc1)c1cc4c(cc1B3N(c1ccc(C(C)(C)C)cc1)c1cc3c(cc1-2)C(C)(C)CCC3(C)C)oc1ccccc14. The Morgan fingerprint density at radius 3 is 1.84 bits per heavy atom. The molecule has 3 aliphatic rings. The van der Waals surface area contributed by atoms with E-state index < -0.39 is 0 Å². The number of nitrogens with zero attached hydrogens (tertiary/aromatic N) is 2. The number of furan rings is 1. The Balaban J connectivity index is 1.27.